The first-order valence-corrected chi connectivity index (χ1v) is 11.6. The molecule has 2 amide bonds. The van der Waals surface area contributed by atoms with Crippen LogP contribution in [0.15, 0.2) is 54.6 Å². The highest BCUT2D eigenvalue weighted by atomic mass is 32.2. The lowest BCUT2D eigenvalue weighted by Crippen LogP contribution is -2.51. The van der Waals surface area contributed by atoms with E-state index in [0.717, 1.165) is 21.7 Å². The highest BCUT2D eigenvalue weighted by Crippen LogP contribution is 2.19. The smallest absolute Gasteiger partial charge is 0.244 e. The summed E-state index contributed by atoms with van der Waals surface area (Å²) in [7, 11) is -2.19. The lowest BCUT2D eigenvalue weighted by atomic mass is 10.1. The molecule has 2 aromatic carbocycles. The first kappa shape index (κ1) is 23.4. The van der Waals surface area contributed by atoms with E-state index in [9.17, 15) is 18.0 Å². The van der Waals surface area contributed by atoms with Gasteiger partial charge in [-0.2, -0.15) is 0 Å². The van der Waals surface area contributed by atoms with Crippen molar-refractivity contribution in [2.45, 2.75) is 26.3 Å². The first-order chi connectivity index (χ1) is 14.1. The standard InChI is InChI=1S/C22H29N3O4S/c1-17-9-8-12-20(15-17)25(30(4,28)29)16-21(26)24(18(2)22(27)23-3)14-13-19-10-6-5-7-11-19/h5-12,15,18H,13-14,16H2,1-4H3,(H,23,27)/t18-/m0/s1. The van der Waals surface area contributed by atoms with Crippen molar-refractivity contribution in [2.75, 3.05) is 30.7 Å². The van der Waals surface area contributed by atoms with Crippen molar-refractivity contribution in [3.63, 3.8) is 0 Å². The van der Waals surface area contributed by atoms with Gasteiger partial charge in [0.15, 0.2) is 0 Å². The van der Waals surface area contributed by atoms with E-state index < -0.39 is 22.0 Å². The normalized spacial score (nSPS) is 12.1. The Bertz CT molecular complexity index is 977. The maximum absolute atomic E-state index is 13.2. The second-order valence-electron chi connectivity index (χ2n) is 7.22. The van der Waals surface area contributed by atoms with Crippen LogP contribution in [0.1, 0.15) is 18.1 Å². The van der Waals surface area contributed by atoms with Gasteiger partial charge in [-0.1, -0.05) is 42.5 Å². The number of sulfonamides is 1. The number of carbonyl (C=O) groups excluding carboxylic acids is 2. The fraction of sp³-hybridized carbons (Fsp3) is 0.364. The molecule has 162 valence electrons. The highest BCUT2D eigenvalue weighted by molar-refractivity contribution is 7.92. The average Bonchev–Trinajstić information content (AvgIpc) is 2.71. The number of benzene rings is 2. The molecule has 0 spiro atoms. The number of anilines is 1. The molecule has 7 nitrogen and oxygen atoms in total. The fourth-order valence-corrected chi connectivity index (χ4v) is 4.02. The van der Waals surface area contributed by atoms with Crippen LogP contribution in [-0.4, -0.2) is 57.6 Å². The molecule has 0 aliphatic rings. The summed E-state index contributed by atoms with van der Waals surface area (Å²) in [5.74, 6) is -0.744. The summed E-state index contributed by atoms with van der Waals surface area (Å²) < 4.78 is 25.9. The van der Waals surface area contributed by atoms with Crippen molar-refractivity contribution in [1.29, 1.82) is 0 Å². The van der Waals surface area contributed by atoms with Gasteiger partial charge in [-0.25, -0.2) is 8.42 Å². The van der Waals surface area contributed by atoms with E-state index in [2.05, 4.69) is 5.32 Å². The third-order valence-electron chi connectivity index (χ3n) is 4.87. The summed E-state index contributed by atoms with van der Waals surface area (Å²) in [4.78, 5) is 26.8. The highest BCUT2D eigenvalue weighted by Gasteiger charge is 2.29. The van der Waals surface area contributed by atoms with Gasteiger partial charge in [-0.15, -0.1) is 0 Å². The van der Waals surface area contributed by atoms with E-state index in [4.69, 9.17) is 0 Å². The second kappa shape index (κ2) is 10.2. The summed E-state index contributed by atoms with van der Waals surface area (Å²) in [5.41, 5.74) is 2.33. The van der Waals surface area contributed by atoms with E-state index in [-0.39, 0.29) is 12.5 Å². The molecule has 8 heteroatoms. The van der Waals surface area contributed by atoms with Crippen LogP contribution in [0.3, 0.4) is 0 Å². The number of hydrogen-bond acceptors (Lipinski definition) is 4. The Morgan fingerprint density at radius 1 is 1.07 bits per heavy atom. The van der Waals surface area contributed by atoms with Crippen molar-refractivity contribution in [2.24, 2.45) is 0 Å². The van der Waals surface area contributed by atoms with Gasteiger partial charge in [0, 0.05) is 13.6 Å². The van der Waals surface area contributed by atoms with Gasteiger partial charge in [0.05, 0.1) is 11.9 Å². The number of hydrogen-bond donors (Lipinski definition) is 1. The van der Waals surface area contributed by atoms with Crippen LogP contribution in [0, 0.1) is 6.92 Å². The van der Waals surface area contributed by atoms with Crippen LogP contribution in [0.5, 0.6) is 0 Å². The van der Waals surface area contributed by atoms with Crippen LogP contribution in [0.4, 0.5) is 5.69 Å². The van der Waals surface area contributed by atoms with Gasteiger partial charge in [-0.3, -0.25) is 13.9 Å². The van der Waals surface area contributed by atoms with Crippen LogP contribution >= 0.6 is 0 Å². The molecule has 2 aromatic rings. The summed E-state index contributed by atoms with van der Waals surface area (Å²) >= 11 is 0. The molecule has 0 bridgehead atoms. The largest absolute Gasteiger partial charge is 0.357 e. The number of nitrogens with zero attached hydrogens (tertiary/aromatic N) is 2. The monoisotopic (exact) mass is 431 g/mol. The predicted octanol–water partition coefficient (Wildman–Crippen LogP) is 1.97. The zero-order valence-electron chi connectivity index (χ0n) is 17.8. The Labute approximate surface area is 178 Å². The molecule has 0 aliphatic heterocycles. The Hall–Kier alpha value is -2.87. The average molecular weight is 432 g/mol. The first-order valence-electron chi connectivity index (χ1n) is 9.73. The molecule has 0 unspecified atom stereocenters. The number of aryl methyl sites for hydroxylation is 1. The zero-order valence-corrected chi connectivity index (χ0v) is 18.6. The van der Waals surface area contributed by atoms with Crippen molar-refractivity contribution in [1.82, 2.24) is 10.2 Å². The predicted molar refractivity (Wildman–Crippen MR) is 119 cm³/mol. The number of likely N-dealkylation sites (N-methyl/N-ethyl adjacent to an activating group) is 1. The number of carbonyl (C=O) groups is 2. The van der Waals surface area contributed by atoms with Gasteiger partial charge in [0.2, 0.25) is 21.8 Å². The lowest BCUT2D eigenvalue weighted by molar-refractivity contribution is -0.138. The number of rotatable bonds is 9. The van der Waals surface area contributed by atoms with Crippen molar-refractivity contribution >= 4 is 27.5 Å². The summed E-state index contributed by atoms with van der Waals surface area (Å²) in [5, 5.41) is 2.56. The maximum Gasteiger partial charge on any atom is 0.244 e. The molecule has 0 aliphatic carbocycles. The molecule has 0 fully saturated rings. The van der Waals surface area contributed by atoms with Gasteiger partial charge >= 0.3 is 0 Å². The molecular formula is C22H29N3O4S. The van der Waals surface area contributed by atoms with Crippen LogP contribution in [0.25, 0.3) is 0 Å². The molecule has 1 N–H and O–H groups in total. The number of nitrogens with one attached hydrogen (secondary N) is 1. The molecule has 0 radical (unpaired) electrons. The minimum Gasteiger partial charge on any atom is -0.357 e. The van der Waals surface area contributed by atoms with Gasteiger partial charge in [-0.05, 0) is 43.5 Å². The summed E-state index contributed by atoms with van der Waals surface area (Å²) in [6, 6.07) is 15.9. The van der Waals surface area contributed by atoms with E-state index in [1.807, 2.05) is 43.3 Å². The molecule has 1 atom stereocenters. The fourth-order valence-electron chi connectivity index (χ4n) is 3.18. The Morgan fingerprint density at radius 2 is 1.73 bits per heavy atom. The maximum atomic E-state index is 13.2. The van der Waals surface area contributed by atoms with Crippen molar-refractivity contribution in [3.05, 3.63) is 65.7 Å². The molecule has 0 saturated carbocycles. The van der Waals surface area contributed by atoms with E-state index in [1.54, 1.807) is 25.1 Å². The molecule has 30 heavy (non-hydrogen) atoms. The van der Waals surface area contributed by atoms with Gasteiger partial charge in [0.25, 0.3) is 0 Å². The van der Waals surface area contributed by atoms with Gasteiger partial charge < -0.3 is 10.2 Å². The molecule has 2 rings (SSSR count). The Morgan fingerprint density at radius 3 is 2.30 bits per heavy atom. The quantitative estimate of drug-likeness (QED) is 0.658. The Balaban J connectivity index is 2.28. The third-order valence-corrected chi connectivity index (χ3v) is 6.01. The Kier molecular flexibility index (Phi) is 8.00. The third kappa shape index (κ3) is 6.32. The second-order valence-corrected chi connectivity index (χ2v) is 9.13. The molecule has 0 heterocycles. The van der Waals surface area contributed by atoms with Gasteiger partial charge in [0.1, 0.15) is 12.6 Å². The molecular weight excluding hydrogens is 402 g/mol. The summed E-state index contributed by atoms with van der Waals surface area (Å²) in [6.07, 6.45) is 1.62. The van der Waals surface area contributed by atoms with E-state index >= 15 is 0 Å². The zero-order chi connectivity index (χ0) is 22.3. The summed E-state index contributed by atoms with van der Waals surface area (Å²) in [6.45, 7) is 3.41. The van der Waals surface area contributed by atoms with E-state index in [0.29, 0.717) is 18.7 Å². The van der Waals surface area contributed by atoms with E-state index in [1.165, 1.54) is 11.9 Å². The minimum absolute atomic E-state index is 0.294. The van der Waals surface area contributed by atoms with Crippen molar-refractivity contribution < 1.29 is 18.0 Å². The minimum atomic E-state index is -3.70. The topological polar surface area (TPSA) is 86.8 Å². The SMILES string of the molecule is CNC(=O)[C@H](C)N(CCc1ccccc1)C(=O)CN(c1cccc(C)c1)S(C)(=O)=O. The van der Waals surface area contributed by atoms with Crippen LogP contribution in [0.2, 0.25) is 0 Å². The van der Waals surface area contributed by atoms with Crippen molar-refractivity contribution in [3.8, 4) is 0 Å². The number of amides is 2. The van der Waals surface area contributed by atoms with Crippen LogP contribution in [-0.2, 0) is 26.0 Å². The van der Waals surface area contributed by atoms with Crippen LogP contribution < -0.4 is 9.62 Å². The molecule has 0 aromatic heterocycles. The molecule has 0 saturated heterocycles. The lowest BCUT2D eigenvalue weighted by Gasteiger charge is -2.31.